The Morgan fingerprint density at radius 2 is 2.16 bits per heavy atom. The summed E-state index contributed by atoms with van der Waals surface area (Å²) in [5, 5.41) is 0.217. The number of rotatable bonds is 6. The van der Waals surface area contributed by atoms with E-state index in [0.29, 0.717) is 6.10 Å². The summed E-state index contributed by atoms with van der Waals surface area (Å²) in [4.78, 5) is 0. The SMILES string of the molecule is CCC(N)C(SCC1CCCO1)c1ccc(F)cc1. The van der Waals surface area contributed by atoms with Gasteiger partial charge in [0.1, 0.15) is 5.82 Å². The molecule has 0 saturated carbocycles. The average Bonchev–Trinajstić information content (AvgIpc) is 2.93. The number of halogens is 1. The van der Waals surface area contributed by atoms with E-state index in [2.05, 4.69) is 6.92 Å². The van der Waals surface area contributed by atoms with Crippen LogP contribution in [0.25, 0.3) is 0 Å². The molecule has 0 aliphatic carbocycles. The summed E-state index contributed by atoms with van der Waals surface area (Å²) in [5.74, 6) is 0.770. The summed E-state index contributed by atoms with van der Waals surface area (Å²) in [6.45, 7) is 2.97. The molecule has 4 heteroatoms. The molecule has 3 unspecified atom stereocenters. The number of thioether (sulfide) groups is 1. The highest BCUT2D eigenvalue weighted by Gasteiger charge is 2.23. The number of hydrogen-bond donors (Lipinski definition) is 1. The van der Waals surface area contributed by atoms with Crippen LogP contribution in [-0.4, -0.2) is 24.5 Å². The molecule has 0 spiro atoms. The Bertz CT molecular complexity index is 378. The van der Waals surface area contributed by atoms with Crippen LogP contribution in [0.4, 0.5) is 4.39 Å². The van der Waals surface area contributed by atoms with Crippen molar-refractivity contribution in [1.29, 1.82) is 0 Å². The normalized spacial score (nSPS) is 22.4. The molecule has 1 heterocycles. The molecule has 0 aromatic heterocycles. The van der Waals surface area contributed by atoms with Gasteiger partial charge in [0.05, 0.1) is 6.10 Å². The monoisotopic (exact) mass is 283 g/mol. The van der Waals surface area contributed by atoms with E-state index in [1.165, 1.54) is 12.1 Å². The fourth-order valence-corrected chi connectivity index (χ4v) is 3.79. The fourth-order valence-electron chi connectivity index (χ4n) is 2.32. The summed E-state index contributed by atoms with van der Waals surface area (Å²) < 4.78 is 18.7. The molecule has 106 valence electrons. The summed E-state index contributed by atoms with van der Waals surface area (Å²) in [6, 6.07) is 6.81. The molecule has 0 bridgehead atoms. The lowest BCUT2D eigenvalue weighted by atomic mass is 10.0. The van der Waals surface area contributed by atoms with Crippen molar-refractivity contribution < 1.29 is 9.13 Å². The Balaban J connectivity index is 2.00. The van der Waals surface area contributed by atoms with E-state index >= 15 is 0 Å². The standard InChI is InChI=1S/C15H22FNOS/c1-2-14(17)15(11-5-7-12(16)8-6-11)19-10-13-4-3-9-18-13/h5-8,13-15H,2-4,9-10,17H2,1H3. The number of benzene rings is 1. The van der Waals surface area contributed by atoms with E-state index in [-0.39, 0.29) is 17.1 Å². The third kappa shape index (κ3) is 4.20. The maximum absolute atomic E-state index is 13.0. The summed E-state index contributed by atoms with van der Waals surface area (Å²) >= 11 is 1.84. The van der Waals surface area contributed by atoms with Crippen molar-refractivity contribution in [2.75, 3.05) is 12.4 Å². The van der Waals surface area contributed by atoms with Gasteiger partial charge < -0.3 is 10.5 Å². The van der Waals surface area contributed by atoms with E-state index in [1.807, 2.05) is 23.9 Å². The Morgan fingerprint density at radius 3 is 2.74 bits per heavy atom. The van der Waals surface area contributed by atoms with Crippen LogP contribution < -0.4 is 5.73 Å². The van der Waals surface area contributed by atoms with E-state index in [9.17, 15) is 4.39 Å². The first-order valence-electron chi connectivity index (χ1n) is 6.95. The van der Waals surface area contributed by atoms with Crippen molar-refractivity contribution >= 4 is 11.8 Å². The number of nitrogens with two attached hydrogens (primary N) is 1. The maximum atomic E-state index is 13.0. The van der Waals surface area contributed by atoms with Gasteiger partial charge in [0, 0.05) is 23.7 Å². The number of ether oxygens (including phenoxy) is 1. The lowest BCUT2D eigenvalue weighted by Crippen LogP contribution is -2.27. The van der Waals surface area contributed by atoms with Gasteiger partial charge in [-0.25, -0.2) is 4.39 Å². The molecule has 1 fully saturated rings. The molecule has 1 aliphatic rings. The van der Waals surface area contributed by atoms with E-state index in [0.717, 1.165) is 37.2 Å². The minimum absolute atomic E-state index is 0.0943. The second-order valence-electron chi connectivity index (χ2n) is 5.01. The Morgan fingerprint density at radius 1 is 1.42 bits per heavy atom. The largest absolute Gasteiger partial charge is 0.377 e. The van der Waals surface area contributed by atoms with E-state index in [4.69, 9.17) is 10.5 Å². The van der Waals surface area contributed by atoms with Crippen LogP contribution in [0.3, 0.4) is 0 Å². The third-order valence-electron chi connectivity index (χ3n) is 3.54. The zero-order valence-electron chi connectivity index (χ0n) is 11.3. The van der Waals surface area contributed by atoms with Gasteiger partial charge in [0.15, 0.2) is 0 Å². The Hall–Kier alpha value is -0.580. The first-order valence-corrected chi connectivity index (χ1v) is 8.00. The number of hydrogen-bond acceptors (Lipinski definition) is 3. The quantitative estimate of drug-likeness (QED) is 0.867. The highest BCUT2D eigenvalue weighted by molar-refractivity contribution is 7.99. The minimum Gasteiger partial charge on any atom is -0.377 e. The van der Waals surface area contributed by atoms with Gasteiger partial charge in [-0.15, -0.1) is 11.8 Å². The van der Waals surface area contributed by atoms with Crippen molar-refractivity contribution in [3.05, 3.63) is 35.6 Å². The molecule has 3 atom stereocenters. The van der Waals surface area contributed by atoms with Crippen LogP contribution >= 0.6 is 11.8 Å². The topological polar surface area (TPSA) is 35.2 Å². The molecule has 1 aliphatic heterocycles. The zero-order valence-corrected chi connectivity index (χ0v) is 12.2. The van der Waals surface area contributed by atoms with Crippen LogP contribution in [0.1, 0.15) is 37.0 Å². The predicted molar refractivity (Wildman–Crippen MR) is 78.8 cm³/mol. The highest BCUT2D eigenvalue weighted by Crippen LogP contribution is 2.34. The van der Waals surface area contributed by atoms with Crippen molar-refractivity contribution in [2.24, 2.45) is 5.73 Å². The molecule has 1 aromatic rings. The van der Waals surface area contributed by atoms with Crippen LogP contribution in [0.2, 0.25) is 0 Å². The molecule has 1 saturated heterocycles. The molecule has 1 aromatic carbocycles. The van der Waals surface area contributed by atoms with Gasteiger partial charge in [-0.05, 0) is 37.0 Å². The van der Waals surface area contributed by atoms with Crippen LogP contribution in [0.5, 0.6) is 0 Å². The molecular formula is C15H22FNOS. The second kappa shape index (κ2) is 7.27. The summed E-state index contributed by atoms with van der Waals surface area (Å²) in [5.41, 5.74) is 7.33. The highest BCUT2D eigenvalue weighted by atomic mass is 32.2. The van der Waals surface area contributed by atoms with Crippen molar-refractivity contribution in [1.82, 2.24) is 0 Å². The summed E-state index contributed by atoms with van der Waals surface area (Å²) in [7, 11) is 0. The first kappa shape index (κ1) is 14.8. The van der Waals surface area contributed by atoms with Crippen LogP contribution in [0, 0.1) is 5.82 Å². The average molecular weight is 283 g/mol. The van der Waals surface area contributed by atoms with E-state index in [1.54, 1.807) is 0 Å². The Labute approximate surface area is 118 Å². The van der Waals surface area contributed by atoms with Crippen molar-refractivity contribution in [2.45, 2.75) is 43.6 Å². The third-order valence-corrected chi connectivity index (χ3v) is 5.09. The molecule has 2 rings (SSSR count). The minimum atomic E-state index is -0.198. The van der Waals surface area contributed by atoms with E-state index < -0.39 is 0 Å². The maximum Gasteiger partial charge on any atom is 0.123 e. The smallest absolute Gasteiger partial charge is 0.123 e. The van der Waals surface area contributed by atoms with Gasteiger partial charge in [-0.3, -0.25) is 0 Å². The van der Waals surface area contributed by atoms with Crippen molar-refractivity contribution in [3.8, 4) is 0 Å². The molecule has 2 nitrogen and oxygen atoms in total. The van der Waals surface area contributed by atoms with Gasteiger partial charge in [0.25, 0.3) is 0 Å². The molecule has 2 N–H and O–H groups in total. The zero-order chi connectivity index (χ0) is 13.7. The molecular weight excluding hydrogens is 261 g/mol. The lowest BCUT2D eigenvalue weighted by molar-refractivity contribution is 0.128. The predicted octanol–water partition coefficient (Wildman–Crippen LogP) is 3.52. The van der Waals surface area contributed by atoms with Gasteiger partial charge >= 0.3 is 0 Å². The van der Waals surface area contributed by atoms with Crippen LogP contribution in [0.15, 0.2) is 24.3 Å². The molecule has 0 amide bonds. The van der Waals surface area contributed by atoms with Crippen LogP contribution in [-0.2, 0) is 4.74 Å². The van der Waals surface area contributed by atoms with Crippen molar-refractivity contribution in [3.63, 3.8) is 0 Å². The second-order valence-corrected chi connectivity index (χ2v) is 6.19. The summed E-state index contributed by atoms with van der Waals surface area (Å²) in [6.07, 6.45) is 3.58. The van der Waals surface area contributed by atoms with Gasteiger partial charge in [-0.2, -0.15) is 0 Å². The molecule has 19 heavy (non-hydrogen) atoms. The van der Waals surface area contributed by atoms with Gasteiger partial charge in [0.2, 0.25) is 0 Å². The lowest BCUT2D eigenvalue weighted by Gasteiger charge is -2.24. The molecule has 0 radical (unpaired) electrons. The Kier molecular flexibility index (Phi) is 5.67. The fraction of sp³-hybridized carbons (Fsp3) is 0.600. The first-order chi connectivity index (χ1) is 9.20. The van der Waals surface area contributed by atoms with Gasteiger partial charge in [-0.1, -0.05) is 19.1 Å².